The summed E-state index contributed by atoms with van der Waals surface area (Å²) in [5.41, 5.74) is 9.17. The van der Waals surface area contributed by atoms with E-state index in [1.807, 2.05) is 0 Å². The third-order valence-electron chi connectivity index (χ3n) is 6.58. The lowest BCUT2D eigenvalue weighted by Crippen LogP contribution is -2.69. The summed E-state index contributed by atoms with van der Waals surface area (Å²) in [6, 6.07) is 11.0. The van der Waals surface area contributed by atoms with Crippen molar-refractivity contribution in [1.29, 1.82) is 0 Å². The quantitative estimate of drug-likeness (QED) is 0.868. The summed E-state index contributed by atoms with van der Waals surface area (Å²) in [4.78, 5) is 2.81. The molecule has 1 aliphatic carbocycles. The van der Waals surface area contributed by atoms with Crippen LogP contribution in [0.2, 0.25) is 0 Å². The summed E-state index contributed by atoms with van der Waals surface area (Å²) in [6.45, 7) is 12.1. The van der Waals surface area contributed by atoms with E-state index < -0.39 is 0 Å². The fourth-order valence-corrected chi connectivity index (χ4v) is 5.74. The van der Waals surface area contributed by atoms with Crippen LogP contribution in [0.15, 0.2) is 42.1 Å². The van der Waals surface area contributed by atoms with Crippen molar-refractivity contribution >= 4 is 0 Å². The first-order valence-corrected chi connectivity index (χ1v) is 9.55. The van der Waals surface area contributed by atoms with Crippen molar-refractivity contribution in [3.05, 3.63) is 47.7 Å². The molecule has 1 aliphatic heterocycles. The van der Waals surface area contributed by atoms with E-state index in [4.69, 9.17) is 5.73 Å². The molecule has 0 spiro atoms. The first-order valence-electron chi connectivity index (χ1n) is 9.55. The second-order valence-electron chi connectivity index (χ2n) is 9.07. The minimum atomic E-state index is 0.0476. The number of benzene rings is 1. The molecule has 0 saturated carbocycles. The predicted molar refractivity (Wildman–Crippen MR) is 103 cm³/mol. The fraction of sp³-hybridized carbons (Fsp3) is 0.636. The maximum Gasteiger partial charge on any atom is 0.0390 e. The molecule has 1 fully saturated rings. The van der Waals surface area contributed by atoms with Gasteiger partial charge >= 0.3 is 0 Å². The van der Waals surface area contributed by atoms with Gasteiger partial charge in [0, 0.05) is 16.7 Å². The van der Waals surface area contributed by atoms with Gasteiger partial charge in [0.1, 0.15) is 0 Å². The second kappa shape index (κ2) is 6.22. The van der Waals surface area contributed by atoms with E-state index in [1.165, 1.54) is 37.9 Å². The van der Waals surface area contributed by atoms with Crippen molar-refractivity contribution in [2.24, 2.45) is 16.6 Å². The zero-order valence-electron chi connectivity index (χ0n) is 15.9. The predicted octanol–water partition coefficient (Wildman–Crippen LogP) is 4.75. The van der Waals surface area contributed by atoms with Crippen LogP contribution >= 0.6 is 0 Å². The van der Waals surface area contributed by atoms with Gasteiger partial charge in [-0.05, 0) is 49.8 Å². The van der Waals surface area contributed by atoms with Gasteiger partial charge in [-0.15, -0.1) is 0 Å². The van der Waals surface area contributed by atoms with Gasteiger partial charge in [-0.2, -0.15) is 0 Å². The van der Waals surface area contributed by atoms with Crippen LogP contribution < -0.4 is 5.73 Å². The average Bonchev–Trinajstić information content (AvgIpc) is 2.51. The summed E-state index contributed by atoms with van der Waals surface area (Å²) in [7, 11) is 0. The minimum Gasteiger partial charge on any atom is -0.402 e. The monoisotopic (exact) mass is 326 g/mol. The Bertz CT molecular complexity index is 594. The Morgan fingerprint density at radius 3 is 2.17 bits per heavy atom. The summed E-state index contributed by atoms with van der Waals surface area (Å²) >= 11 is 0. The molecular formula is C22H34N2. The van der Waals surface area contributed by atoms with Crippen LogP contribution in [0.25, 0.3) is 0 Å². The van der Waals surface area contributed by atoms with Crippen LogP contribution in [-0.2, 0) is 6.42 Å². The molecule has 0 bridgehead atoms. The molecule has 1 saturated heterocycles. The van der Waals surface area contributed by atoms with Gasteiger partial charge in [-0.25, -0.2) is 0 Å². The minimum absolute atomic E-state index is 0.0476. The van der Waals surface area contributed by atoms with E-state index in [1.54, 1.807) is 0 Å². The molecular weight excluding hydrogens is 292 g/mol. The normalized spacial score (nSPS) is 29.9. The Morgan fingerprint density at radius 1 is 0.958 bits per heavy atom. The summed E-state index contributed by atoms with van der Waals surface area (Å²) < 4.78 is 0. The van der Waals surface area contributed by atoms with E-state index in [0.717, 1.165) is 18.5 Å². The van der Waals surface area contributed by atoms with Crippen LogP contribution in [-0.4, -0.2) is 23.5 Å². The molecule has 132 valence electrons. The number of hydrogen-bond donors (Lipinski definition) is 1. The van der Waals surface area contributed by atoms with Crippen molar-refractivity contribution < 1.29 is 0 Å². The van der Waals surface area contributed by atoms with Crippen LogP contribution in [0.3, 0.4) is 0 Å². The number of rotatable bonds is 3. The van der Waals surface area contributed by atoms with E-state index in [9.17, 15) is 0 Å². The molecule has 1 heterocycles. The van der Waals surface area contributed by atoms with Crippen LogP contribution in [0.5, 0.6) is 0 Å². The smallest absolute Gasteiger partial charge is 0.0390 e. The molecule has 1 atom stereocenters. The molecule has 2 N–H and O–H groups in total. The third kappa shape index (κ3) is 2.79. The van der Waals surface area contributed by atoms with Crippen molar-refractivity contribution in [2.45, 2.75) is 65.3 Å². The average molecular weight is 327 g/mol. The molecule has 3 rings (SSSR count). The molecule has 2 heteroatoms. The third-order valence-corrected chi connectivity index (χ3v) is 6.58. The van der Waals surface area contributed by atoms with Gasteiger partial charge in [-0.1, -0.05) is 70.5 Å². The highest BCUT2D eigenvalue weighted by atomic mass is 15.2. The van der Waals surface area contributed by atoms with Crippen LogP contribution in [0, 0.1) is 10.8 Å². The molecule has 2 nitrogen and oxygen atoms in total. The number of hydrogen-bond acceptors (Lipinski definition) is 2. The van der Waals surface area contributed by atoms with Crippen LogP contribution in [0.4, 0.5) is 0 Å². The Morgan fingerprint density at radius 2 is 1.58 bits per heavy atom. The molecule has 2 aliphatic rings. The van der Waals surface area contributed by atoms with Gasteiger partial charge in [0.25, 0.3) is 0 Å². The largest absolute Gasteiger partial charge is 0.402 e. The standard InChI is InChI=1S/C22H34N2/c1-20(2)16-19(23)17-21(3,4)22(20,24-13-9-6-10-14-24)15-18-11-7-5-8-12-18/h5,7-8,11-12,16H,6,9-10,13-15,17,23H2,1-4H3. The first kappa shape index (κ1) is 17.5. The Hall–Kier alpha value is -1.28. The zero-order valence-corrected chi connectivity index (χ0v) is 15.9. The van der Waals surface area contributed by atoms with Gasteiger partial charge in [-0.3, -0.25) is 4.90 Å². The molecule has 1 aromatic carbocycles. The Kier molecular flexibility index (Phi) is 4.55. The van der Waals surface area contributed by atoms with Gasteiger partial charge in [0.2, 0.25) is 0 Å². The highest BCUT2D eigenvalue weighted by molar-refractivity contribution is 5.30. The fourth-order valence-electron chi connectivity index (χ4n) is 5.74. The molecule has 1 unspecified atom stereocenters. The molecule has 24 heavy (non-hydrogen) atoms. The number of nitrogens with zero attached hydrogens (tertiary/aromatic N) is 1. The number of allylic oxidation sites excluding steroid dienone is 1. The molecule has 0 radical (unpaired) electrons. The van der Waals surface area contributed by atoms with Gasteiger partial charge in [0.05, 0.1) is 0 Å². The topological polar surface area (TPSA) is 29.3 Å². The second-order valence-corrected chi connectivity index (χ2v) is 9.07. The highest BCUT2D eigenvalue weighted by Gasteiger charge is 2.59. The van der Waals surface area contributed by atoms with Crippen molar-refractivity contribution in [2.75, 3.05) is 13.1 Å². The highest BCUT2D eigenvalue weighted by Crippen LogP contribution is 2.57. The Balaban J connectivity index is 2.13. The zero-order chi connectivity index (χ0) is 17.4. The van der Waals surface area contributed by atoms with Crippen molar-refractivity contribution in [1.82, 2.24) is 4.90 Å². The lowest BCUT2D eigenvalue weighted by Gasteiger charge is -2.64. The van der Waals surface area contributed by atoms with Crippen LogP contribution in [0.1, 0.15) is 58.9 Å². The lowest BCUT2D eigenvalue weighted by molar-refractivity contribution is -0.0993. The van der Waals surface area contributed by atoms with Crippen molar-refractivity contribution in [3.63, 3.8) is 0 Å². The SMILES string of the molecule is CC1(C)C=C(N)CC(C)(C)C1(Cc1ccccc1)N1CCCCC1. The first-order chi connectivity index (χ1) is 11.3. The van der Waals surface area contributed by atoms with Gasteiger partial charge in [0.15, 0.2) is 0 Å². The number of nitrogens with two attached hydrogens (primary N) is 1. The lowest BCUT2D eigenvalue weighted by atomic mass is 9.51. The van der Waals surface area contributed by atoms with Crippen molar-refractivity contribution in [3.8, 4) is 0 Å². The van der Waals surface area contributed by atoms with Gasteiger partial charge < -0.3 is 5.73 Å². The maximum absolute atomic E-state index is 6.37. The summed E-state index contributed by atoms with van der Waals surface area (Å²) in [5, 5.41) is 0. The molecule has 0 amide bonds. The maximum atomic E-state index is 6.37. The van der Waals surface area contributed by atoms with E-state index in [2.05, 4.69) is 69.0 Å². The summed E-state index contributed by atoms with van der Waals surface area (Å²) in [5.74, 6) is 0. The van der Waals surface area contributed by atoms with E-state index in [0.29, 0.717) is 0 Å². The van der Waals surface area contributed by atoms with E-state index >= 15 is 0 Å². The summed E-state index contributed by atoms with van der Waals surface area (Å²) in [6.07, 6.45) is 8.45. The Labute approximate surface area is 148 Å². The number of likely N-dealkylation sites (tertiary alicyclic amines) is 1. The molecule has 1 aromatic rings. The number of piperidine rings is 1. The van der Waals surface area contributed by atoms with E-state index in [-0.39, 0.29) is 16.4 Å². The molecule has 0 aromatic heterocycles.